The largest absolute Gasteiger partial charge is 0.398 e. The first-order valence-electron chi connectivity index (χ1n) is 7.28. The van der Waals surface area contributed by atoms with Gasteiger partial charge in [0.1, 0.15) is 0 Å². The molecule has 4 nitrogen and oxygen atoms in total. The number of benzene rings is 1. The predicted molar refractivity (Wildman–Crippen MR) is 78.5 cm³/mol. The Bertz CT molecular complexity index is 556. The minimum absolute atomic E-state index is 0.0298. The summed E-state index contributed by atoms with van der Waals surface area (Å²) in [6.45, 7) is 2.56. The Hall–Kier alpha value is -1.55. The van der Waals surface area contributed by atoms with Crippen molar-refractivity contribution in [2.75, 3.05) is 12.8 Å². The molecule has 1 aliphatic carbocycles. The second-order valence-corrected chi connectivity index (χ2v) is 6.53. The third kappa shape index (κ3) is 2.08. The van der Waals surface area contributed by atoms with E-state index in [1.807, 2.05) is 20.0 Å². The van der Waals surface area contributed by atoms with E-state index in [-0.39, 0.29) is 5.91 Å². The standard InChI is InChI=1S/C16H22N2O2/c1-16(20)7-5-10(6-8-16)11-3-4-13(17)14-12(11)9-18(2)15(14)19/h3-4,10,20H,5-9,17H2,1-2H3/t10-,16+. The molecule has 0 unspecified atom stereocenters. The zero-order valence-electron chi connectivity index (χ0n) is 12.1. The number of anilines is 1. The van der Waals surface area contributed by atoms with Crippen LogP contribution in [0, 0.1) is 0 Å². The van der Waals surface area contributed by atoms with Gasteiger partial charge in [-0.05, 0) is 55.7 Å². The number of nitrogen functional groups attached to an aromatic ring is 1. The summed E-state index contributed by atoms with van der Waals surface area (Å²) in [7, 11) is 1.82. The molecular formula is C16H22N2O2. The number of fused-ring (bicyclic) bond motifs is 1. The molecule has 4 heteroatoms. The fraction of sp³-hybridized carbons (Fsp3) is 0.562. The van der Waals surface area contributed by atoms with E-state index in [2.05, 4.69) is 6.07 Å². The van der Waals surface area contributed by atoms with E-state index >= 15 is 0 Å². The summed E-state index contributed by atoms with van der Waals surface area (Å²) in [5.41, 5.74) is 9.08. The molecule has 3 N–H and O–H groups in total. The van der Waals surface area contributed by atoms with E-state index in [0.717, 1.165) is 31.2 Å². The molecule has 1 amide bonds. The second-order valence-electron chi connectivity index (χ2n) is 6.53. The van der Waals surface area contributed by atoms with Crippen molar-refractivity contribution in [1.29, 1.82) is 0 Å². The normalized spacial score (nSPS) is 29.6. The smallest absolute Gasteiger partial charge is 0.256 e. The van der Waals surface area contributed by atoms with Crippen molar-refractivity contribution < 1.29 is 9.90 Å². The molecule has 1 saturated carbocycles. The van der Waals surface area contributed by atoms with Crippen LogP contribution in [-0.2, 0) is 6.54 Å². The molecule has 0 atom stereocenters. The Labute approximate surface area is 119 Å². The van der Waals surface area contributed by atoms with Gasteiger partial charge in [0.05, 0.1) is 11.2 Å². The predicted octanol–water partition coefficient (Wildman–Crippen LogP) is 2.26. The molecule has 0 radical (unpaired) electrons. The second kappa shape index (κ2) is 4.48. The quantitative estimate of drug-likeness (QED) is 0.772. The molecule has 3 rings (SSSR count). The topological polar surface area (TPSA) is 66.6 Å². The molecule has 20 heavy (non-hydrogen) atoms. The summed E-state index contributed by atoms with van der Waals surface area (Å²) in [6, 6.07) is 3.93. The first-order valence-corrected chi connectivity index (χ1v) is 7.28. The molecular weight excluding hydrogens is 252 g/mol. The average Bonchev–Trinajstić information content (AvgIpc) is 2.68. The van der Waals surface area contributed by atoms with Gasteiger partial charge in [-0.1, -0.05) is 6.07 Å². The molecule has 1 aromatic rings. The molecule has 0 saturated heterocycles. The number of hydrogen-bond donors (Lipinski definition) is 2. The van der Waals surface area contributed by atoms with E-state index in [0.29, 0.717) is 23.7 Å². The summed E-state index contributed by atoms with van der Waals surface area (Å²) < 4.78 is 0. The lowest BCUT2D eigenvalue weighted by molar-refractivity contribution is 0.0171. The Kier molecular flexibility index (Phi) is 3.01. The monoisotopic (exact) mass is 274 g/mol. The van der Waals surface area contributed by atoms with Crippen LogP contribution in [0.5, 0.6) is 0 Å². The molecule has 1 fully saturated rings. The molecule has 0 spiro atoms. The van der Waals surface area contributed by atoms with Crippen molar-refractivity contribution in [2.45, 2.75) is 50.7 Å². The zero-order chi connectivity index (χ0) is 14.5. The van der Waals surface area contributed by atoms with Gasteiger partial charge >= 0.3 is 0 Å². The van der Waals surface area contributed by atoms with Crippen LogP contribution >= 0.6 is 0 Å². The van der Waals surface area contributed by atoms with E-state index in [1.54, 1.807) is 4.90 Å². The number of amides is 1. The first-order chi connectivity index (χ1) is 9.39. The summed E-state index contributed by atoms with van der Waals surface area (Å²) in [6.07, 6.45) is 3.59. The summed E-state index contributed by atoms with van der Waals surface area (Å²) in [4.78, 5) is 13.9. The molecule has 0 aromatic heterocycles. The number of carbonyl (C=O) groups is 1. The zero-order valence-corrected chi connectivity index (χ0v) is 12.1. The van der Waals surface area contributed by atoms with Gasteiger partial charge in [0.25, 0.3) is 5.91 Å². The van der Waals surface area contributed by atoms with E-state index in [4.69, 9.17) is 5.73 Å². The highest BCUT2D eigenvalue weighted by Gasteiger charge is 2.34. The third-order valence-corrected chi connectivity index (χ3v) is 4.84. The SMILES string of the molecule is CN1Cc2c(c(N)ccc2[C@H]2CC[C@@](C)(O)CC2)C1=O. The van der Waals surface area contributed by atoms with Crippen molar-refractivity contribution in [3.63, 3.8) is 0 Å². The number of hydrogen-bond acceptors (Lipinski definition) is 3. The Morgan fingerprint density at radius 1 is 1.35 bits per heavy atom. The van der Waals surface area contributed by atoms with Gasteiger partial charge in [0.2, 0.25) is 0 Å². The number of nitrogens with zero attached hydrogens (tertiary/aromatic N) is 1. The summed E-state index contributed by atoms with van der Waals surface area (Å²) in [5.74, 6) is 0.464. The van der Waals surface area contributed by atoms with Crippen LogP contribution in [0.15, 0.2) is 12.1 Å². The lowest BCUT2D eigenvalue weighted by atomic mass is 9.75. The minimum atomic E-state index is -0.528. The highest BCUT2D eigenvalue weighted by atomic mass is 16.3. The van der Waals surface area contributed by atoms with Crippen LogP contribution < -0.4 is 5.73 Å². The van der Waals surface area contributed by atoms with Crippen LogP contribution in [0.3, 0.4) is 0 Å². The van der Waals surface area contributed by atoms with Crippen LogP contribution in [0.25, 0.3) is 0 Å². The van der Waals surface area contributed by atoms with Gasteiger partial charge in [-0.2, -0.15) is 0 Å². The van der Waals surface area contributed by atoms with Crippen molar-refractivity contribution in [2.24, 2.45) is 0 Å². The Morgan fingerprint density at radius 3 is 2.65 bits per heavy atom. The highest BCUT2D eigenvalue weighted by molar-refractivity contribution is 6.03. The molecule has 0 bridgehead atoms. The van der Waals surface area contributed by atoms with E-state index in [1.165, 1.54) is 5.56 Å². The minimum Gasteiger partial charge on any atom is -0.398 e. The van der Waals surface area contributed by atoms with E-state index < -0.39 is 5.60 Å². The Balaban J connectivity index is 1.95. The number of rotatable bonds is 1. The maximum absolute atomic E-state index is 12.2. The molecule has 2 aliphatic rings. The van der Waals surface area contributed by atoms with Gasteiger partial charge < -0.3 is 15.7 Å². The number of carbonyl (C=O) groups excluding carboxylic acids is 1. The maximum atomic E-state index is 12.2. The van der Waals surface area contributed by atoms with Gasteiger partial charge in [-0.3, -0.25) is 4.79 Å². The van der Waals surface area contributed by atoms with Crippen LogP contribution in [0.2, 0.25) is 0 Å². The Morgan fingerprint density at radius 2 is 2.00 bits per heavy atom. The summed E-state index contributed by atoms with van der Waals surface area (Å²) in [5, 5.41) is 10.1. The van der Waals surface area contributed by atoms with Crippen LogP contribution in [0.1, 0.15) is 60.0 Å². The maximum Gasteiger partial charge on any atom is 0.256 e. The fourth-order valence-corrected chi connectivity index (χ4v) is 3.54. The van der Waals surface area contributed by atoms with Crippen LogP contribution in [0.4, 0.5) is 5.69 Å². The highest BCUT2D eigenvalue weighted by Crippen LogP contribution is 2.42. The van der Waals surface area contributed by atoms with Gasteiger partial charge in [0, 0.05) is 19.3 Å². The average molecular weight is 274 g/mol. The van der Waals surface area contributed by atoms with Crippen molar-refractivity contribution >= 4 is 11.6 Å². The van der Waals surface area contributed by atoms with Crippen LogP contribution in [-0.4, -0.2) is 28.6 Å². The third-order valence-electron chi connectivity index (χ3n) is 4.84. The lowest BCUT2D eigenvalue weighted by Crippen LogP contribution is -2.29. The first kappa shape index (κ1) is 13.4. The lowest BCUT2D eigenvalue weighted by Gasteiger charge is -2.34. The van der Waals surface area contributed by atoms with Gasteiger partial charge in [-0.15, -0.1) is 0 Å². The molecule has 108 valence electrons. The number of aliphatic hydroxyl groups is 1. The van der Waals surface area contributed by atoms with Crippen molar-refractivity contribution in [1.82, 2.24) is 4.90 Å². The molecule has 1 aliphatic heterocycles. The summed E-state index contributed by atoms with van der Waals surface area (Å²) >= 11 is 0. The van der Waals surface area contributed by atoms with Gasteiger partial charge in [-0.25, -0.2) is 0 Å². The molecule has 1 heterocycles. The number of nitrogens with two attached hydrogens (primary N) is 1. The van der Waals surface area contributed by atoms with Crippen molar-refractivity contribution in [3.8, 4) is 0 Å². The molecule has 1 aromatic carbocycles. The van der Waals surface area contributed by atoms with Crippen molar-refractivity contribution in [3.05, 3.63) is 28.8 Å². The van der Waals surface area contributed by atoms with Gasteiger partial charge in [0.15, 0.2) is 0 Å². The fourth-order valence-electron chi connectivity index (χ4n) is 3.54. The van der Waals surface area contributed by atoms with E-state index in [9.17, 15) is 9.90 Å².